The van der Waals surface area contributed by atoms with E-state index in [0.29, 0.717) is 0 Å². The molecule has 0 spiro atoms. The number of rotatable bonds is 2. The first-order chi connectivity index (χ1) is 4.81. The number of aliphatic hydroxyl groups is 2. The molecule has 5 N–H and O–H groups in total. The summed E-state index contributed by atoms with van der Waals surface area (Å²) in [5, 5.41) is 15.9. The second kappa shape index (κ2) is 14.2. The van der Waals surface area contributed by atoms with Crippen molar-refractivity contribution in [2.45, 2.75) is 6.10 Å². The molecule has 7 nitrogen and oxygen atoms in total. The van der Waals surface area contributed by atoms with Crippen LogP contribution in [0.2, 0.25) is 0 Å². The Morgan fingerprint density at radius 2 is 1.54 bits per heavy atom. The van der Waals surface area contributed by atoms with Crippen LogP contribution in [0.3, 0.4) is 0 Å². The van der Waals surface area contributed by atoms with Crippen LogP contribution in [0.15, 0.2) is 0 Å². The van der Waals surface area contributed by atoms with Crippen LogP contribution in [0, 0.1) is 0 Å². The van der Waals surface area contributed by atoms with Gasteiger partial charge in [-0.05, 0) is 0 Å². The SMILES string of the molecule is O=CC(O)CO.O=P(O)(O)O.[Ca+2].[Ca+2].[H-].[H-].[H-].[H-]. The fourth-order valence-corrected chi connectivity index (χ4v) is 0.0430. The first-order valence-electron chi connectivity index (χ1n) is 2.33. The molecule has 0 saturated carbocycles. The van der Waals surface area contributed by atoms with Gasteiger partial charge in [-0.1, -0.05) is 0 Å². The maximum absolute atomic E-state index is 9.33. The first kappa shape index (κ1) is 24.4. The molecule has 0 heterocycles. The molecular weight excluding hydrogens is 259 g/mol. The maximum atomic E-state index is 9.33. The Morgan fingerprint density at radius 3 is 1.54 bits per heavy atom. The first-order valence-corrected chi connectivity index (χ1v) is 3.90. The average Bonchev–Trinajstić information content (AvgIpc) is 1.83. The summed E-state index contributed by atoms with van der Waals surface area (Å²) in [6.45, 7) is -0.483. The summed E-state index contributed by atoms with van der Waals surface area (Å²) in [6.07, 6.45) is -0.912. The van der Waals surface area contributed by atoms with Crippen LogP contribution in [-0.2, 0) is 9.36 Å². The van der Waals surface area contributed by atoms with Crippen molar-refractivity contribution in [1.82, 2.24) is 0 Å². The Hall–Kier alpha value is 2.22. The molecule has 13 heavy (non-hydrogen) atoms. The van der Waals surface area contributed by atoms with Crippen molar-refractivity contribution >= 4 is 89.6 Å². The zero-order chi connectivity index (χ0) is 9.49. The van der Waals surface area contributed by atoms with Gasteiger partial charge in [0.15, 0.2) is 6.29 Å². The molecule has 0 aliphatic heterocycles. The monoisotopic (exact) mass is 272 g/mol. The number of phosphoric acid groups is 1. The van der Waals surface area contributed by atoms with E-state index >= 15 is 0 Å². The third-order valence-corrected chi connectivity index (χ3v) is 0.344. The Labute approximate surface area is 140 Å². The van der Waals surface area contributed by atoms with Gasteiger partial charge in [-0.2, -0.15) is 0 Å². The van der Waals surface area contributed by atoms with Crippen molar-refractivity contribution in [2.24, 2.45) is 0 Å². The number of aldehydes is 1. The van der Waals surface area contributed by atoms with Crippen LogP contribution in [0.4, 0.5) is 0 Å². The van der Waals surface area contributed by atoms with E-state index in [1.807, 2.05) is 0 Å². The van der Waals surface area contributed by atoms with Gasteiger partial charge in [0, 0.05) is 0 Å². The fourth-order valence-electron chi connectivity index (χ4n) is 0.0430. The summed E-state index contributed by atoms with van der Waals surface area (Å²) in [6, 6.07) is 0. The van der Waals surface area contributed by atoms with Crippen LogP contribution >= 0.6 is 7.82 Å². The topological polar surface area (TPSA) is 135 Å². The molecular formula is C3H13Ca2O7P. The minimum atomic E-state index is -4.64. The summed E-state index contributed by atoms with van der Waals surface area (Å²) >= 11 is 0. The zero-order valence-corrected chi connectivity index (χ0v) is 12.1. The van der Waals surface area contributed by atoms with E-state index in [2.05, 4.69) is 0 Å². The number of aliphatic hydroxyl groups excluding tert-OH is 2. The molecule has 0 aromatic heterocycles. The van der Waals surface area contributed by atoms with Crippen LogP contribution in [-0.4, -0.2) is 119 Å². The molecule has 10 heteroatoms. The van der Waals surface area contributed by atoms with Gasteiger partial charge < -0.3 is 35.4 Å². The van der Waals surface area contributed by atoms with E-state index < -0.39 is 20.5 Å². The summed E-state index contributed by atoms with van der Waals surface area (Å²) in [4.78, 5) is 30.9. The summed E-state index contributed by atoms with van der Waals surface area (Å²) < 4.78 is 8.88. The number of hydrogen-bond acceptors (Lipinski definition) is 4. The van der Waals surface area contributed by atoms with E-state index in [0.717, 1.165) is 0 Å². The third-order valence-electron chi connectivity index (χ3n) is 0.344. The quantitative estimate of drug-likeness (QED) is 0.210. The van der Waals surface area contributed by atoms with Gasteiger partial charge in [-0.3, -0.25) is 0 Å². The smallest absolute Gasteiger partial charge is 1.00 e. The molecule has 0 radical (unpaired) electrons. The Balaban J connectivity index is -0.0000000118. The second-order valence-electron chi connectivity index (χ2n) is 1.40. The predicted molar refractivity (Wildman–Crippen MR) is 49.4 cm³/mol. The molecule has 76 valence electrons. The van der Waals surface area contributed by atoms with Crippen LogP contribution in [0.25, 0.3) is 0 Å². The van der Waals surface area contributed by atoms with Crippen molar-refractivity contribution in [3.63, 3.8) is 0 Å². The van der Waals surface area contributed by atoms with E-state index in [9.17, 15) is 4.79 Å². The Morgan fingerprint density at radius 1 is 1.31 bits per heavy atom. The molecule has 0 bridgehead atoms. The minimum Gasteiger partial charge on any atom is -1.00 e. The van der Waals surface area contributed by atoms with Crippen LogP contribution in [0.1, 0.15) is 5.71 Å². The van der Waals surface area contributed by atoms with E-state index in [1.54, 1.807) is 0 Å². The number of hydrogen-bond donors (Lipinski definition) is 5. The van der Waals surface area contributed by atoms with E-state index in [-0.39, 0.29) is 87.5 Å². The minimum absolute atomic E-state index is 0. The summed E-state index contributed by atoms with van der Waals surface area (Å²) in [7, 11) is -4.64. The van der Waals surface area contributed by atoms with Gasteiger partial charge in [0.25, 0.3) is 0 Å². The fraction of sp³-hybridized carbons (Fsp3) is 0.667. The molecule has 0 saturated heterocycles. The molecule has 0 fully saturated rings. The third kappa shape index (κ3) is 54.9. The van der Waals surface area contributed by atoms with Crippen molar-refractivity contribution in [3.8, 4) is 0 Å². The molecule has 0 aromatic rings. The molecule has 0 rings (SSSR count). The van der Waals surface area contributed by atoms with Gasteiger partial charge in [0.1, 0.15) is 6.10 Å². The van der Waals surface area contributed by atoms with Crippen molar-refractivity contribution in [3.05, 3.63) is 0 Å². The van der Waals surface area contributed by atoms with Crippen molar-refractivity contribution < 1.29 is 40.0 Å². The van der Waals surface area contributed by atoms with Crippen molar-refractivity contribution in [2.75, 3.05) is 6.61 Å². The maximum Gasteiger partial charge on any atom is 2.00 e. The largest absolute Gasteiger partial charge is 2.00 e. The standard InChI is InChI=1S/C3H6O3.2Ca.H3O4P.4H/c4-1-3(6)2-5;;;1-5(2,3)4;;;;/h1,3,5-6H,2H2;;;(H3,1,2,3,4);;;;/q;2*+2;;4*-1. The Bertz CT molecular complexity index is 152. The van der Waals surface area contributed by atoms with Gasteiger partial charge in [-0.25, -0.2) is 4.57 Å². The Kier molecular flexibility index (Phi) is 26.7. The number of carbonyl (C=O) groups is 1. The van der Waals surface area contributed by atoms with Gasteiger partial charge in [0.05, 0.1) is 6.61 Å². The van der Waals surface area contributed by atoms with E-state index in [1.165, 1.54) is 0 Å². The molecule has 1 unspecified atom stereocenters. The molecule has 0 aromatic carbocycles. The van der Waals surface area contributed by atoms with Gasteiger partial charge in [-0.15, -0.1) is 0 Å². The van der Waals surface area contributed by atoms with Crippen LogP contribution in [0.5, 0.6) is 0 Å². The van der Waals surface area contributed by atoms with Gasteiger partial charge in [0.2, 0.25) is 0 Å². The summed E-state index contributed by atoms with van der Waals surface area (Å²) in [5.74, 6) is 0. The van der Waals surface area contributed by atoms with Gasteiger partial charge >= 0.3 is 83.3 Å². The van der Waals surface area contributed by atoms with Crippen LogP contribution < -0.4 is 0 Å². The molecule has 1 atom stereocenters. The summed E-state index contributed by atoms with van der Waals surface area (Å²) in [5.41, 5.74) is 0. The zero-order valence-electron chi connectivity index (χ0n) is 10.8. The van der Waals surface area contributed by atoms with Crippen molar-refractivity contribution in [1.29, 1.82) is 0 Å². The molecule has 0 aliphatic rings. The molecule has 0 amide bonds. The second-order valence-corrected chi connectivity index (χ2v) is 2.43. The normalized spacial score (nSPS) is 10.8. The predicted octanol–water partition coefficient (Wildman–Crippen LogP) is -2.70. The van der Waals surface area contributed by atoms with E-state index in [4.69, 9.17) is 29.5 Å². The number of carbonyl (C=O) groups excluding carboxylic acids is 1. The average molecular weight is 272 g/mol. The molecule has 0 aliphatic carbocycles.